The Morgan fingerprint density at radius 1 is 1.13 bits per heavy atom. The molecule has 0 aliphatic heterocycles. The van der Waals surface area contributed by atoms with Crippen LogP contribution in [0, 0.1) is 13.8 Å². The van der Waals surface area contributed by atoms with Crippen molar-refractivity contribution in [2.24, 2.45) is 0 Å². The third-order valence-electron chi connectivity index (χ3n) is 3.25. The summed E-state index contributed by atoms with van der Waals surface area (Å²) in [6.07, 6.45) is 5.92. The van der Waals surface area contributed by atoms with Crippen LogP contribution in [0.15, 0.2) is 41.1 Å². The molecule has 0 amide bonds. The van der Waals surface area contributed by atoms with E-state index in [-0.39, 0.29) is 9.52 Å². The maximum absolute atomic E-state index is 2.38. The second-order valence-corrected chi connectivity index (χ2v) is 6.51. The third-order valence-corrected chi connectivity index (χ3v) is 5.35. The minimum absolute atomic E-state index is 0.208. The van der Waals surface area contributed by atoms with Crippen LogP contribution in [0.2, 0.25) is 0 Å². The van der Waals surface area contributed by atoms with Gasteiger partial charge in [-0.15, -0.1) is 0 Å². The molecule has 0 atom stereocenters. The quantitative estimate of drug-likeness (QED) is 0.663. The maximum Gasteiger partial charge on any atom is 0.0832 e. The van der Waals surface area contributed by atoms with E-state index >= 15 is 0 Å². The van der Waals surface area contributed by atoms with E-state index in [4.69, 9.17) is 0 Å². The van der Waals surface area contributed by atoms with Crippen LogP contribution in [0.1, 0.15) is 24.5 Å². The Morgan fingerprint density at radius 3 is 2.60 bits per heavy atom. The van der Waals surface area contributed by atoms with Crippen LogP contribution in [-0.4, -0.2) is 9.52 Å². The van der Waals surface area contributed by atoms with Crippen molar-refractivity contribution in [2.45, 2.75) is 27.2 Å². The Kier molecular flexibility index (Phi) is 2.92. The molecule has 1 aliphatic rings. The summed E-state index contributed by atoms with van der Waals surface area (Å²) in [6, 6.07) is 6.71. The predicted molar refractivity (Wildman–Crippen MR) is 70.6 cm³/mol. The van der Waals surface area contributed by atoms with Gasteiger partial charge < -0.3 is 0 Å². The van der Waals surface area contributed by atoms with Gasteiger partial charge in [0.15, 0.2) is 0 Å². The highest BCUT2D eigenvalue weighted by Crippen LogP contribution is 2.16. The monoisotopic (exact) mass is 214 g/mol. The normalized spacial score (nSPS) is 15.9. The highest BCUT2D eigenvalue weighted by molar-refractivity contribution is 6.61. The molecule has 0 saturated heterocycles. The van der Waals surface area contributed by atoms with E-state index in [9.17, 15) is 0 Å². The van der Waals surface area contributed by atoms with E-state index in [1.165, 1.54) is 23.1 Å². The van der Waals surface area contributed by atoms with Crippen LogP contribution >= 0.6 is 0 Å². The zero-order chi connectivity index (χ0) is 10.8. The van der Waals surface area contributed by atoms with Crippen molar-refractivity contribution in [3.05, 3.63) is 52.2 Å². The third kappa shape index (κ3) is 2.29. The van der Waals surface area contributed by atoms with Gasteiger partial charge in [-0.05, 0) is 38.3 Å². The lowest BCUT2D eigenvalue weighted by Crippen LogP contribution is -2.19. The molecular formula is C14H18Si. The van der Waals surface area contributed by atoms with Gasteiger partial charge in [0.1, 0.15) is 0 Å². The lowest BCUT2D eigenvalue weighted by molar-refractivity contribution is 1.35. The first kappa shape index (κ1) is 10.4. The number of allylic oxidation sites excluding steroid dienone is 4. The van der Waals surface area contributed by atoms with Crippen molar-refractivity contribution >= 4 is 14.7 Å². The minimum Gasteiger partial charge on any atom is -0.0786 e. The number of hydrogen-bond donors (Lipinski definition) is 0. The molecule has 2 rings (SSSR count). The SMILES string of the molecule is CC1=CCC([SiH2]c2cccc(C)c2C)=C1. The van der Waals surface area contributed by atoms with Crippen LogP contribution in [-0.2, 0) is 0 Å². The molecule has 1 heteroatoms. The van der Waals surface area contributed by atoms with Gasteiger partial charge in [-0.3, -0.25) is 0 Å². The molecule has 0 radical (unpaired) electrons. The molecule has 0 fully saturated rings. The van der Waals surface area contributed by atoms with E-state index in [2.05, 4.69) is 51.1 Å². The Labute approximate surface area is 94.5 Å². The molecule has 0 unspecified atom stereocenters. The van der Waals surface area contributed by atoms with E-state index in [1.807, 2.05) is 0 Å². The Morgan fingerprint density at radius 2 is 1.93 bits per heavy atom. The molecule has 1 aliphatic carbocycles. The fraction of sp³-hybridized carbons (Fsp3) is 0.286. The lowest BCUT2D eigenvalue weighted by atomic mass is 10.1. The van der Waals surface area contributed by atoms with Gasteiger partial charge in [0, 0.05) is 0 Å². The summed E-state index contributed by atoms with van der Waals surface area (Å²) < 4.78 is 0. The van der Waals surface area contributed by atoms with Gasteiger partial charge in [-0.1, -0.05) is 46.3 Å². The number of benzene rings is 1. The molecule has 78 valence electrons. The van der Waals surface area contributed by atoms with Crippen LogP contribution in [0.4, 0.5) is 0 Å². The summed E-state index contributed by atoms with van der Waals surface area (Å²) in [5, 5.41) is 3.30. The summed E-state index contributed by atoms with van der Waals surface area (Å²) in [6.45, 7) is 6.66. The van der Waals surface area contributed by atoms with E-state index in [0.717, 1.165) is 0 Å². The zero-order valence-electron chi connectivity index (χ0n) is 9.80. The van der Waals surface area contributed by atoms with Crippen LogP contribution < -0.4 is 5.19 Å². The summed E-state index contributed by atoms with van der Waals surface area (Å²) in [5.74, 6) is 0. The topological polar surface area (TPSA) is 0 Å². The summed E-state index contributed by atoms with van der Waals surface area (Å²) in [7, 11) is -0.208. The average Bonchev–Trinajstić information content (AvgIpc) is 2.59. The van der Waals surface area contributed by atoms with Crippen LogP contribution in [0.5, 0.6) is 0 Å². The molecule has 15 heavy (non-hydrogen) atoms. The Bertz CT molecular complexity index is 439. The first-order valence-corrected chi connectivity index (χ1v) is 6.99. The van der Waals surface area contributed by atoms with Gasteiger partial charge in [-0.2, -0.15) is 0 Å². The first-order valence-electron chi connectivity index (χ1n) is 5.58. The van der Waals surface area contributed by atoms with Crippen LogP contribution in [0.25, 0.3) is 0 Å². The maximum atomic E-state index is 2.38. The molecule has 0 nitrogen and oxygen atoms in total. The van der Waals surface area contributed by atoms with Gasteiger partial charge in [-0.25, -0.2) is 0 Å². The van der Waals surface area contributed by atoms with E-state index < -0.39 is 0 Å². The number of aryl methyl sites for hydroxylation is 1. The highest BCUT2D eigenvalue weighted by Gasteiger charge is 2.07. The van der Waals surface area contributed by atoms with Gasteiger partial charge in [0.05, 0.1) is 9.52 Å². The fourth-order valence-corrected chi connectivity index (χ4v) is 4.10. The molecule has 0 bridgehead atoms. The molecular weight excluding hydrogens is 196 g/mol. The molecule has 0 saturated carbocycles. The molecule has 0 spiro atoms. The van der Waals surface area contributed by atoms with Crippen molar-refractivity contribution in [1.29, 1.82) is 0 Å². The van der Waals surface area contributed by atoms with Crippen LogP contribution in [0.3, 0.4) is 0 Å². The van der Waals surface area contributed by atoms with Gasteiger partial charge in [0.25, 0.3) is 0 Å². The molecule has 0 N–H and O–H groups in total. The second-order valence-electron chi connectivity index (χ2n) is 4.49. The lowest BCUT2D eigenvalue weighted by Gasteiger charge is -2.08. The van der Waals surface area contributed by atoms with Gasteiger partial charge >= 0.3 is 0 Å². The largest absolute Gasteiger partial charge is 0.0832 e. The molecule has 1 aromatic rings. The van der Waals surface area contributed by atoms with E-state index in [0.29, 0.717) is 0 Å². The smallest absolute Gasteiger partial charge is 0.0786 e. The Hall–Kier alpha value is -1.08. The highest BCUT2D eigenvalue weighted by atomic mass is 28.2. The van der Waals surface area contributed by atoms with Crippen molar-refractivity contribution in [3.63, 3.8) is 0 Å². The van der Waals surface area contributed by atoms with Crippen molar-refractivity contribution in [2.75, 3.05) is 0 Å². The van der Waals surface area contributed by atoms with Crippen molar-refractivity contribution in [3.8, 4) is 0 Å². The summed E-state index contributed by atoms with van der Waals surface area (Å²) in [5.41, 5.74) is 4.39. The molecule has 0 heterocycles. The van der Waals surface area contributed by atoms with Crippen molar-refractivity contribution in [1.82, 2.24) is 0 Å². The summed E-state index contributed by atoms with van der Waals surface area (Å²) >= 11 is 0. The van der Waals surface area contributed by atoms with Gasteiger partial charge in [0.2, 0.25) is 0 Å². The minimum atomic E-state index is -0.208. The standard InChI is InChI=1S/C14H18Si/c1-10-7-8-13(9-10)15-14-6-4-5-11(2)12(14)3/h4-7,9H,8,15H2,1-3H3. The Balaban J connectivity index is 2.19. The van der Waals surface area contributed by atoms with Crippen molar-refractivity contribution < 1.29 is 0 Å². The number of hydrogen-bond acceptors (Lipinski definition) is 0. The van der Waals surface area contributed by atoms with E-state index in [1.54, 1.807) is 10.4 Å². The predicted octanol–water partition coefficient (Wildman–Crippen LogP) is 2.33. The second kappa shape index (κ2) is 4.19. The fourth-order valence-electron chi connectivity index (χ4n) is 2.10. The number of rotatable bonds is 2. The first-order chi connectivity index (χ1) is 7.16. The molecule has 0 aromatic heterocycles. The zero-order valence-corrected chi connectivity index (χ0v) is 11.2. The average molecular weight is 214 g/mol. The molecule has 1 aromatic carbocycles. The summed E-state index contributed by atoms with van der Waals surface area (Å²) in [4.78, 5) is 0.